The predicted octanol–water partition coefficient (Wildman–Crippen LogP) is 3.42. The van der Waals surface area contributed by atoms with E-state index in [0.717, 1.165) is 30.7 Å². The van der Waals surface area contributed by atoms with Gasteiger partial charge in [-0.3, -0.25) is 14.7 Å². The molecule has 1 aromatic heterocycles. The van der Waals surface area contributed by atoms with Crippen molar-refractivity contribution in [2.75, 3.05) is 26.2 Å². The lowest BCUT2D eigenvalue weighted by Crippen LogP contribution is -2.52. The van der Waals surface area contributed by atoms with Crippen LogP contribution in [0.3, 0.4) is 0 Å². The molecule has 3 heterocycles. The Hall–Kier alpha value is -2.75. The van der Waals surface area contributed by atoms with Crippen molar-refractivity contribution in [3.05, 3.63) is 53.2 Å². The fourth-order valence-electron chi connectivity index (χ4n) is 4.62. The molecule has 3 fully saturated rings. The van der Waals surface area contributed by atoms with Gasteiger partial charge in [-0.2, -0.15) is 13.2 Å². The van der Waals surface area contributed by atoms with E-state index in [1.807, 2.05) is 0 Å². The Bertz CT molecular complexity index is 1030. The summed E-state index contributed by atoms with van der Waals surface area (Å²) in [7, 11) is 0. The fourth-order valence-corrected chi connectivity index (χ4v) is 4.62. The molecule has 2 aromatic rings. The van der Waals surface area contributed by atoms with Crippen LogP contribution >= 0.6 is 0 Å². The highest BCUT2D eigenvalue weighted by atomic mass is 19.4. The fraction of sp³-hybridized carbons (Fsp3) is 0.522. The Kier molecular flexibility index (Phi) is 5.72. The third-order valence-electron chi connectivity index (χ3n) is 6.58. The van der Waals surface area contributed by atoms with Crippen LogP contribution in [0.5, 0.6) is 5.88 Å². The molecule has 10 heteroatoms. The van der Waals surface area contributed by atoms with Crippen LogP contribution in [0.4, 0.5) is 17.6 Å². The lowest BCUT2D eigenvalue weighted by atomic mass is 10.1. The van der Waals surface area contributed by atoms with Crippen LogP contribution in [0.2, 0.25) is 0 Å². The van der Waals surface area contributed by atoms with Crippen molar-refractivity contribution in [3.63, 3.8) is 0 Å². The first kappa shape index (κ1) is 22.1. The topological polar surface area (TPSA) is 58.6 Å². The molecule has 1 saturated carbocycles. The van der Waals surface area contributed by atoms with Gasteiger partial charge in [-0.25, -0.2) is 9.37 Å². The molecule has 1 aliphatic carbocycles. The quantitative estimate of drug-likeness (QED) is 0.635. The van der Waals surface area contributed by atoms with E-state index in [1.165, 1.54) is 0 Å². The molecule has 0 spiro atoms. The van der Waals surface area contributed by atoms with Gasteiger partial charge in [0.05, 0.1) is 30.1 Å². The van der Waals surface area contributed by atoms with Gasteiger partial charge >= 0.3 is 6.18 Å². The molecule has 176 valence electrons. The Morgan fingerprint density at radius 2 is 1.94 bits per heavy atom. The van der Waals surface area contributed by atoms with Gasteiger partial charge in [0.25, 0.3) is 0 Å². The van der Waals surface area contributed by atoms with E-state index < -0.39 is 24.0 Å². The first-order valence-electron chi connectivity index (χ1n) is 11.1. The normalized spacial score (nSPS) is 23.5. The minimum Gasteiger partial charge on any atom is -0.472 e. The second kappa shape index (κ2) is 8.55. The van der Waals surface area contributed by atoms with Crippen LogP contribution in [0.15, 0.2) is 30.6 Å². The Morgan fingerprint density at radius 3 is 2.64 bits per heavy atom. The Balaban J connectivity index is 1.17. The molecule has 33 heavy (non-hydrogen) atoms. The average Bonchev–Trinajstić information content (AvgIpc) is 3.54. The Morgan fingerprint density at radius 1 is 1.12 bits per heavy atom. The summed E-state index contributed by atoms with van der Waals surface area (Å²) in [6.45, 7) is 2.22. The van der Waals surface area contributed by atoms with Crippen LogP contribution in [0, 0.1) is 5.82 Å². The summed E-state index contributed by atoms with van der Waals surface area (Å²) in [5.74, 6) is -0.172. The van der Waals surface area contributed by atoms with E-state index in [4.69, 9.17) is 4.74 Å². The van der Waals surface area contributed by atoms with E-state index in [2.05, 4.69) is 14.9 Å². The number of piperazine rings is 1. The minimum atomic E-state index is -4.58. The van der Waals surface area contributed by atoms with Crippen LogP contribution in [-0.2, 0) is 17.4 Å². The van der Waals surface area contributed by atoms with E-state index >= 15 is 0 Å². The number of alkyl halides is 3. The molecule has 2 saturated heterocycles. The lowest BCUT2D eigenvalue weighted by molar-refractivity contribution is -0.138. The molecule has 0 N–H and O–H groups in total. The van der Waals surface area contributed by atoms with E-state index in [1.54, 1.807) is 17.3 Å². The summed E-state index contributed by atoms with van der Waals surface area (Å²) >= 11 is 0. The smallest absolute Gasteiger partial charge is 0.416 e. The molecular formula is C23H24F4N4O2. The van der Waals surface area contributed by atoms with E-state index in [9.17, 15) is 22.4 Å². The molecule has 6 nitrogen and oxygen atoms in total. The van der Waals surface area contributed by atoms with Crippen molar-refractivity contribution >= 4 is 5.91 Å². The van der Waals surface area contributed by atoms with Gasteiger partial charge in [-0.15, -0.1) is 0 Å². The molecule has 0 unspecified atom stereocenters. The van der Waals surface area contributed by atoms with Crippen molar-refractivity contribution < 1.29 is 27.1 Å². The van der Waals surface area contributed by atoms with Gasteiger partial charge in [0, 0.05) is 44.6 Å². The molecule has 5 rings (SSSR count). The number of carbonyl (C=O) groups excluding carboxylic acids is 1. The summed E-state index contributed by atoms with van der Waals surface area (Å²) in [6.07, 6.45) is 1.38. The highest BCUT2D eigenvalue weighted by molar-refractivity contribution is 5.79. The van der Waals surface area contributed by atoms with Crippen LogP contribution in [-0.4, -0.2) is 64.0 Å². The number of halogens is 4. The summed E-state index contributed by atoms with van der Waals surface area (Å²) in [5, 5.41) is 0. The monoisotopic (exact) mass is 464 g/mol. The molecule has 0 bridgehead atoms. The second-order valence-corrected chi connectivity index (χ2v) is 9.00. The predicted molar refractivity (Wildman–Crippen MR) is 110 cm³/mol. The second-order valence-electron chi connectivity index (χ2n) is 9.00. The largest absolute Gasteiger partial charge is 0.472 e. The number of benzene rings is 1. The highest BCUT2D eigenvalue weighted by Crippen LogP contribution is 2.38. The third kappa shape index (κ3) is 4.95. The van der Waals surface area contributed by atoms with Crippen LogP contribution in [0.25, 0.3) is 0 Å². The molecule has 0 radical (unpaired) electrons. The summed E-state index contributed by atoms with van der Waals surface area (Å²) in [4.78, 5) is 25.4. The maximum Gasteiger partial charge on any atom is 0.416 e. The van der Waals surface area contributed by atoms with Crippen LogP contribution < -0.4 is 4.74 Å². The highest BCUT2D eigenvalue weighted by Gasteiger charge is 2.39. The number of hydrogen-bond donors (Lipinski definition) is 0. The van der Waals surface area contributed by atoms with Crippen molar-refractivity contribution in [3.8, 4) is 5.88 Å². The number of aromatic nitrogens is 2. The van der Waals surface area contributed by atoms with Gasteiger partial charge < -0.3 is 9.64 Å². The summed E-state index contributed by atoms with van der Waals surface area (Å²) < 4.78 is 58.9. The number of carbonyl (C=O) groups is 1. The zero-order valence-corrected chi connectivity index (χ0v) is 17.9. The van der Waals surface area contributed by atoms with Gasteiger partial charge in [0.1, 0.15) is 11.9 Å². The molecule has 1 aromatic carbocycles. The maximum absolute atomic E-state index is 14.1. The minimum absolute atomic E-state index is 0.0768. The van der Waals surface area contributed by atoms with Gasteiger partial charge in [0.15, 0.2) is 0 Å². The number of amides is 1. The van der Waals surface area contributed by atoms with Crippen LogP contribution in [0.1, 0.15) is 42.0 Å². The lowest BCUT2D eigenvalue weighted by Gasteiger charge is -2.37. The summed E-state index contributed by atoms with van der Waals surface area (Å²) in [5.41, 5.74) is -0.198. The standard InChI is InChI=1S/C23H24F4N4O2/c24-19-4-3-16(23(25,26)27)7-15(19)8-22(32)31-6-5-30-13-18(9-17(30)12-31)33-21-11-28-20(10-29-21)14-1-2-14/h3-4,7,10-11,14,17-18H,1-2,5-6,8-9,12-13H2/t17-,18+/m0/s1. The average molecular weight is 464 g/mol. The summed E-state index contributed by atoms with van der Waals surface area (Å²) in [6, 6.07) is 2.25. The molecule has 1 amide bonds. The zero-order chi connectivity index (χ0) is 23.2. The van der Waals surface area contributed by atoms with Crippen molar-refractivity contribution in [1.82, 2.24) is 19.8 Å². The van der Waals surface area contributed by atoms with Gasteiger partial charge in [-0.05, 0) is 36.6 Å². The molecule has 2 aliphatic heterocycles. The molecule has 2 atom stereocenters. The van der Waals surface area contributed by atoms with Crippen molar-refractivity contribution in [2.45, 2.75) is 49.9 Å². The van der Waals surface area contributed by atoms with Crippen molar-refractivity contribution in [1.29, 1.82) is 0 Å². The number of rotatable bonds is 5. The van der Waals surface area contributed by atoms with Gasteiger partial charge in [0.2, 0.25) is 11.8 Å². The molecular weight excluding hydrogens is 440 g/mol. The third-order valence-corrected chi connectivity index (χ3v) is 6.58. The van der Waals surface area contributed by atoms with Gasteiger partial charge in [-0.1, -0.05) is 0 Å². The molecule has 3 aliphatic rings. The Labute approximate surface area is 188 Å². The number of fused-ring (bicyclic) bond motifs is 1. The van der Waals surface area contributed by atoms with E-state index in [-0.39, 0.29) is 23.6 Å². The maximum atomic E-state index is 14.1. The first-order chi connectivity index (χ1) is 15.8. The van der Waals surface area contributed by atoms with E-state index in [0.29, 0.717) is 50.5 Å². The van der Waals surface area contributed by atoms with Crippen molar-refractivity contribution in [2.24, 2.45) is 0 Å². The SMILES string of the molecule is O=C(Cc1cc(C(F)(F)F)ccc1F)N1CCN2C[C@H](Oc3cnc(C4CC4)cn3)C[C@H]2C1. The first-order valence-corrected chi connectivity index (χ1v) is 11.1. The number of hydrogen-bond acceptors (Lipinski definition) is 5. The zero-order valence-electron chi connectivity index (χ0n) is 17.9. The number of ether oxygens (including phenoxy) is 1. The number of nitrogens with zero attached hydrogens (tertiary/aromatic N) is 4.